The summed E-state index contributed by atoms with van der Waals surface area (Å²) in [6.45, 7) is 4.53. The highest BCUT2D eigenvalue weighted by atomic mass is 16.6. The molecule has 2 amide bonds. The number of ether oxygens (including phenoxy) is 2. The largest absolute Gasteiger partial charge is 0.486 e. The minimum absolute atomic E-state index is 0.00401. The summed E-state index contributed by atoms with van der Waals surface area (Å²) in [6.07, 6.45) is 1.99. The van der Waals surface area contributed by atoms with Gasteiger partial charge in [0.25, 0.3) is 0 Å². The molecule has 2 heterocycles. The molecule has 1 unspecified atom stereocenters. The fraction of sp³-hybridized carbons (Fsp3) is 0.533. The van der Waals surface area contributed by atoms with Gasteiger partial charge < -0.3 is 19.7 Å². The van der Waals surface area contributed by atoms with Gasteiger partial charge in [-0.05, 0) is 25.8 Å². The van der Waals surface area contributed by atoms with Crippen LogP contribution in [0.15, 0.2) is 18.2 Å². The minimum Gasteiger partial charge on any atom is -0.486 e. The first kappa shape index (κ1) is 13.1. The molecule has 0 aromatic heterocycles. The molecule has 108 valence electrons. The van der Waals surface area contributed by atoms with E-state index in [1.54, 1.807) is 0 Å². The van der Waals surface area contributed by atoms with Gasteiger partial charge in [0.15, 0.2) is 11.5 Å². The first-order chi connectivity index (χ1) is 9.81. The average Bonchev–Trinajstić information content (AvgIpc) is 2.96. The molecule has 20 heavy (non-hydrogen) atoms. The number of hydrogen-bond donors (Lipinski definition) is 1. The van der Waals surface area contributed by atoms with E-state index < -0.39 is 0 Å². The number of fused-ring (bicyclic) bond motifs is 1. The topological polar surface area (TPSA) is 50.8 Å². The summed E-state index contributed by atoms with van der Waals surface area (Å²) < 4.78 is 11.4. The summed E-state index contributed by atoms with van der Waals surface area (Å²) in [4.78, 5) is 14.0. The van der Waals surface area contributed by atoms with E-state index in [4.69, 9.17) is 9.47 Å². The van der Waals surface area contributed by atoms with Gasteiger partial charge in [0.2, 0.25) is 0 Å². The van der Waals surface area contributed by atoms with Crippen LogP contribution in [0, 0.1) is 0 Å². The van der Waals surface area contributed by atoms with E-state index in [9.17, 15) is 4.79 Å². The normalized spacial score (nSPS) is 20.9. The number of hydrogen-bond acceptors (Lipinski definition) is 3. The van der Waals surface area contributed by atoms with Crippen LogP contribution < -0.4 is 14.8 Å². The van der Waals surface area contributed by atoms with Gasteiger partial charge in [-0.15, -0.1) is 0 Å². The Kier molecular flexibility index (Phi) is 3.67. The van der Waals surface area contributed by atoms with Gasteiger partial charge in [-0.1, -0.05) is 12.1 Å². The zero-order valence-electron chi connectivity index (χ0n) is 11.7. The lowest BCUT2D eigenvalue weighted by atomic mass is 10.0. The number of rotatable bonds is 2. The van der Waals surface area contributed by atoms with E-state index in [1.165, 1.54) is 0 Å². The zero-order valence-corrected chi connectivity index (χ0v) is 11.7. The fourth-order valence-electron chi connectivity index (χ4n) is 2.94. The monoisotopic (exact) mass is 276 g/mol. The second kappa shape index (κ2) is 5.61. The fourth-order valence-corrected chi connectivity index (χ4v) is 2.94. The number of para-hydroxylation sites is 1. The van der Waals surface area contributed by atoms with Crippen molar-refractivity contribution in [1.82, 2.24) is 10.2 Å². The summed E-state index contributed by atoms with van der Waals surface area (Å²) in [5.74, 6) is 1.59. The van der Waals surface area contributed by atoms with E-state index in [2.05, 4.69) is 5.32 Å². The summed E-state index contributed by atoms with van der Waals surface area (Å²) in [6, 6.07) is 6.01. The van der Waals surface area contributed by atoms with Gasteiger partial charge in [0.05, 0.1) is 6.04 Å². The molecule has 1 N–H and O–H groups in total. The molecule has 2 aliphatic rings. The van der Waals surface area contributed by atoms with Gasteiger partial charge in [-0.25, -0.2) is 4.79 Å². The van der Waals surface area contributed by atoms with Crippen molar-refractivity contribution in [3.05, 3.63) is 23.8 Å². The van der Waals surface area contributed by atoms with E-state index in [-0.39, 0.29) is 12.1 Å². The standard InChI is InChI=1S/C15H20N2O3/c1-2-16-15(18)17-8-4-6-12(17)11-5-3-7-13-14(11)20-10-9-19-13/h3,5,7,12H,2,4,6,8-10H2,1H3,(H,16,18). The van der Waals surface area contributed by atoms with Gasteiger partial charge in [0.1, 0.15) is 13.2 Å². The number of nitrogens with one attached hydrogen (secondary N) is 1. The molecule has 1 aromatic rings. The smallest absolute Gasteiger partial charge is 0.317 e. The Hall–Kier alpha value is -1.91. The van der Waals surface area contributed by atoms with Gasteiger partial charge in [-0.3, -0.25) is 0 Å². The molecule has 0 aliphatic carbocycles. The van der Waals surface area contributed by atoms with Crippen molar-refractivity contribution in [3.8, 4) is 11.5 Å². The van der Waals surface area contributed by atoms with Crippen LogP contribution in [-0.4, -0.2) is 37.2 Å². The third-order valence-corrected chi connectivity index (χ3v) is 3.80. The Morgan fingerprint density at radius 3 is 3.10 bits per heavy atom. The SMILES string of the molecule is CCNC(=O)N1CCCC1c1cccc2c1OCCO2. The summed E-state index contributed by atoms with van der Waals surface area (Å²) in [5.41, 5.74) is 1.06. The summed E-state index contributed by atoms with van der Waals surface area (Å²) >= 11 is 0. The van der Waals surface area contributed by atoms with Crippen LogP contribution in [-0.2, 0) is 0 Å². The van der Waals surface area contributed by atoms with Crippen LogP contribution in [0.2, 0.25) is 0 Å². The first-order valence-corrected chi connectivity index (χ1v) is 7.24. The molecule has 0 radical (unpaired) electrons. The highest BCUT2D eigenvalue weighted by Gasteiger charge is 2.33. The van der Waals surface area contributed by atoms with Crippen molar-refractivity contribution in [2.24, 2.45) is 0 Å². The summed E-state index contributed by atoms with van der Waals surface area (Å²) in [5, 5.41) is 2.88. The van der Waals surface area contributed by atoms with Crippen molar-refractivity contribution >= 4 is 6.03 Å². The molecule has 0 spiro atoms. The van der Waals surface area contributed by atoms with Crippen molar-refractivity contribution in [3.63, 3.8) is 0 Å². The second-order valence-electron chi connectivity index (χ2n) is 5.06. The van der Waals surface area contributed by atoms with Gasteiger partial charge >= 0.3 is 6.03 Å². The Bertz CT molecular complexity index is 504. The van der Waals surface area contributed by atoms with E-state index in [0.717, 1.165) is 36.4 Å². The quantitative estimate of drug-likeness (QED) is 0.902. The maximum absolute atomic E-state index is 12.1. The van der Waals surface area contributed by atoms with Gasteiger partial charge in [-0.2, -0.15) is 0 Å². The van der Waals surface area contributed by atoms with Crippen LogP contribution >= 0.6 is 0 Å². The Labute approximate surface area is 118 Å². The number of amides is 2. The molecule has 2 aliphatic heterocycles. The molecule has 3 rings (SSSR count). The molecule has 0 saturated carbocycles. The van der Waals surface area contributed by atoms with Crippen LogP contribution in [0.1, 0.15) is 31.4 Å². The number of nitrogens with zero attached hydrogens (tertiary/aromatic N) is 1. The van der Waals surface area contributed by atoms with E-state index in [1.807, 2.05) is 30.0 Å². The molecule has 1 atom stereocenters. The summed E-state index contributed by atoms with van der Waals surface area (Å²) in [7, 11) is 0. The Morgan fingerprint density at radius 1 is 1.40 bits per heavy atom. The first-order valence-electron chi connectivity index (χ1n) is 7.24. The molecule has 1 aromatic carbocycles. The Balaban J connectivity index is 1.90. The minimum atomic E-state index is 0.00401. The zero-order chi connectivity index (χ0) is 13.9. The highest BCUT2D eigenvalue weighted by molar-refractivity contribution is 5.75. The third-order valence-electron chi connectivity index (χ3n) is 3.80. The van der Waals surface area contributed by atoms with Gasteiger partial charge in [0, 0.05) is 18.7 Å². The van der Waals surface area contributed by atoms with Crippen LogP contribution in [0.5, 0.6) is 11.5 Å². The van der Waals surface area contributed by atoms with E-state index >= 15 is 0 Å². The molecular formula is C15H20N2O3. The number of benzene rings is 1. The maximum atomic E-state index is 12.1. The molecule has 1 fully saturated rings. The number of carbonyl (C=O) groups is 1. The predicted octanol–water partition coefficient (Wildman–Crippen LogP) is 2.32. The lowest BCUT2D eigenvalue weighted by molar-refractivity contribution is 0.163. The van der Waals surface area contributed by atoms with E-state index in [0.29, 0.717) is 19.8 Å². The van der Waals surface area contributed by atoms with Crippen molar-refractivity contribution < 1.29 is 14.3 Å². The van der Waals surface area contributed by atoms with Crippen molar-refractivity contribution in [2.75, 3.05) is 26.3 Å². The van der Waals surface area contributed by atoms with Crippen LogP contribution in [0.3, 0.4) is 0 Å². The molecule has 1 saturated heterocycles. The van der Waals surface area contributed by atoms with Crippen LogP contribution in [0.4, 0.5) is 4.79 Å². The second-order valence-corrected chi connectivity index (χ2v) is 5.06. The number of likely N-dealkylation sites (tertiary alicyclic amines) is 1. The average molecular weight is 276 g/mol. The van der Waals surface area contributed by atoms with Crippen molar-refractivity contribution in [2.45, 2.75) is 25.8 Å². The highest BCUT2D eigenvalue weighted by Crippen LogP contribution is 2.42. The van der Waals surface area contributed by atoms with Crippen molar-refractivity contribution in [1.29, 1.82) is 0 Å². The van der Waals surface area contributed by atoms with Crippen LogP contribution in [0.25, 0.3) is 0 Å². The molecule has 5 nitrogen and oxygen atoms in total. The molecule has 0 bridgehead atoms. The number of urea groups is 1. The lowest BCUT2D eigenvalue weighted by Gasteiger charge is -2.28. The lowest BCUT2D eigenvalue weighted by Crippen LogP contribution is -2.39. The maximum Gasteiger partial charge on any atom is 0.317 e. The number of carbonyl (C=O) groups excluding carboxylic acids is 1. The molecular weight excluding hydrogens is 256 g/mol. The molecule has 5 heteroatoms. The predicted molar refractivity (Wildman–Crippen MR) is 75.2 cm³/mol. The Morgan fingerprint density at radius 2 is 2.25 bits per heavy atom. The third kappa shape index (κ3) is 2.28.